The van der Waals surface area contributed by atoms with Gasteiger partial charge in [-0.2, -0.15) is 5.10 Å². The van der Waals surface area contributed by atoms with Gasteiger partial charge in [-0.3, -0.25) is 14.5 Å². The summed E-state index contributed by atoms with van der Waals surface area (Å²) in [5.41, 5.74) is 2.67. The van der Waals surface area contributed by atoms with E-state index in [2.05, 4.69) is 18.9 Å². The largest absolute Gasteiger partial charge is 0.285 e. The number of hydrogen-bond acceptors (Lipinski definition) is 5. The van der Waals surface area contributed by atoms with E-state index in [9.17, 15) is 9.59 Å². The first kappa shape index (κ1) is 21.0. The predicted molar refractivity (Wildman–Crippen MR) is 134 cm³/mol. The molecule has 1 amide bonds. The Morgan fingerprint density at radius 1 is 0.939 bits per heavy atom. The number of thiazole rings is 1. The van der Waals surface area contributed by atoms with Gasteiger partial charge in [0, 0.05) is 12.4 Å². The first-order chi connectivity index (χ1) is 15.9. The summed E-state index contributed by atoms with van der Waals surface area (Å²) in [5, 5.41) is 5.90. The fraction of sp³-hybridized carbons (Fsp3) is 0.154. The van der Waals surface area contributed by atoms with E-state index in [4.69, 9.17) is 4.98 Å². The molecular formula is C26H22N4O2S. The Bertz CT molecular complexity index is 1520. The molecule has 0 unspecified atom stereocenters. The van der Waals surface area contributed by atoms with Gasteiger partial charge in [0.15, 0.2) is 10.8 Å². The van der Waals surface area contributed by atoms with Gasteiger partial charge in [0.05, 0.1) is 21.3 Å². The third kappa shape index (κ3) is 3.70. The van der Waals surface area contributed by atoms with E-state index in [1.807, 2.05) is 48.5 Å². The van der Waals surface area contributed by atoms with Crippen molar-refractivity contribution in [1.29, 1.82) is 0 Å². The van der Waals surface area contributed by atoms with Crippen molar-refractivity contribution in [3.05, 3.63) is 94.4 Å². The van der Waals surface area contributed by atoms with Gasteiger partial charge in [-0.25, -0.2) is 9.67 Å². The van der Waals surface area contributed by atoms with Crippen molar-refractivity contribution >= 4 is 49.1 Å². The average molecular weight is 455 g/mol. The lowest BCUT2D eigenvalue weighted by molar-refractivity contribution is 0.0994. The van der Waals surface area contributed by atoms with Crippen molar-refractivity contribution in [3.8, 4) is 0 Å². The van der Waals surface area contributed by atoms with Gasteiger partial charge >= 0.3 is 0 Å². The standard InChI is InChI=1S/C26H22N4O2S/c1-16(2)17-12-14-18(15-13-17)30(26-27-21-10-6-7-11-22(21)33-26)25(32)23-19-8-4-5-9-20(19)24(31)29(3)28-23/h4-16H,1-3H3. The van der Waals surface area contributed by atoms with E-state index in [0.29, 0.717) is 27.5 Å². The monoisotopic (exact) mass is 454 g/mol. The minimum Gasteiger partial charge on any atom is -0.267 e. The lowest BCUT2D eigenvalue weighted by Gasteiger charge is -2.21. The van der Waals surface area contributed by atoms with E-state index in [1.165, 1.54) is 21.6 Å². The smallest absolute Gasteiger partial charge is 0.267 e. The molecule has 0 saturated heterocycles. The molecule has 0 saturated carbocycles. The molecule has 0 aliphatic carbocycles. The molecule has 2 heterocycles. The van der Waals surface area contributed by atoms with Crippen molar-refractivity contribution in [1.82, 2.24) is 14.8 Å². The Kier molecular flexibility index (Phi) is 5.26. The van der Waals surface area contributed by atoms with E-state index < -0.39 is 0 Å². The second-order valence-electron chi connectivity index (χ2n) is 8.17. The number of benzene rings is 3. The number of nitrogens with zero attached hydrogens (tertiary/aromatic N) is 4. The topological polar surface area (TPSA) is 68.1 Å². The summed E-state index contributed by atoms with van der Waals surface area (Å²) in [4.78, 5) is 33.0. The third-order valence-electron chi connectivity index (χ3n) is 5.65. The number of rotatable bonds is 4. The zero-order valence-electron chi connectivity index (χ0n) is 18.5. The maximum atomic E-state index is 14.0. The number of hydrogen-bond donors (Lipinski definition) is 0. The van der Waals surface area contributed by atoms with Gasteiger partial charge in [-0.05, 0) is 41.8 Å². The van der Waals surface area contributed by atoms with Crippen LogP contribution in [0.3, 0.4) is 0 Å². The zero-order chi connectivity index (χ0) is 23.1. The Balaban J connectivity index is 1.72. The first-order valence-corrected chi connectivity index (χ1v) is 11.5. The molecule has 5 rings (SSSR count). The van der Waals surface area contributed by atoms with Crippen molar-refractivity contribution in [2.75, 3.05) is 4.90 Å². The highest BCUT2D eigenvalue weighted by Crippen LogP contribution is 2.35. The quantitative estimate of drug-likeness (QED) is 0.352. The molecule has 0 fully saturated rings. The maximum Gasteiger partial charge on any atom is 0.285 e. The molecule has 0 atom stereocenters. The summed E-state index contributed by atoms with van der Waals surface area (Å²) >= 11 is 1.44. The van der Waals surface area contributed by atoms with Gasteiger partial charge < -0.3 is 0 Å². The minimum atomic E-state index is -0.335. The Morgan fingerprint density at radius 3 is 2.30 bits per heavy atom. The highest BCUT2D eigenvalue weighted by Gasteiger charge is 2.27. The summed E-state index contributed by atoms with van der Waals surface area (Å²) in [6, 6.07) is 22.8. The number of para-hydroxylation sites is 1. The molecule has 0 aliphatic rings. The highest BCUT2D eigenvalue weighted by molar-refractivity contribution is 7.22. The van der Waals surface area contributed by atoms with Gasteiger partial charge in [0.25, 0.3) is 11.5 Å². The van der Waals surface area contributed by atoms with Crippen molar-refractivity contribution < 1.29 is 4.79 Å². The molecule has 2 aromatic heterocycles. The summed E-state index contributed by atoms with van der Waals surface area (Å²) in [6.07, 6.45) is 0. The number of carbonyl (C=O) groups excluding carboxylic acids is 1. The van der Waals surface area contributed by atoms with Crippen LogP contribution in [0, 0.1) is 0 Å². The van der Waals surface area contributed by atoms with Crippen LogP contribution in [0.4, 0.5) is 10.8 Å². The van der Waals surface area contributed by atoms with Crippen LogP contribution in [-0.2, 0) is 7.05 Å². The van der Waals surface area contributed by atoms with Gasteiger partial charge in [0.2, 0.25) is 0 Å². The second-order valence-corrected chi connectivity index (χ2v) is 9.18. The molecular weight excluding hydrogens is 432 g/mol. The van der Waals surface area contributed by atoms with E-state index in [1.54, 1.807) is 36.2 Å². The summed E-state index contributed by atoms with van der Waals surface area (Å²) in [7, 11) is 1.56. The van der Waals surface area contributed by atoms with Gasteiger partial charge in [-0.15, -0.1) is 0 Å². The summed E-state index contributed by atoms with van der Waals surface area (Å²) in [6.45, 7) is 4.26. The predicted octanol–water partition coefficient (Wildman–Crippen LogP) is 5.65. The molecule has 7 heteroatoms. The number of carbonyl (C=O) groups is 1. The number of amides is 1. The normalized spacial score (nSPS) is 11.4. The molecule has 3 aromatic carbocycles. The van der Waals surface area contributed by atoms with E-state index in [0.717, 1.165) is 10.2 Å². The molecule has 0 radical (unpaired) electrons. The van der Waals surface area contributed by atoms with E-state index >= 15 is 0 Å². The highest BCUT2D eigenvalue weighted by atomic mass is 32.1. The van der Waals surface area contributed by atoms with Crippen LogP contribution in [-0.4, -0.2) is 20.7 Å². The number of aryl methyl sites for hydroxylation is 1. The van der Waals surface area contributed by atoms with Crippen LogP contribution >= 0.6 is 11.3 Å². The first-order valence-electron chi connectivity index (χ1n) is 10.7. The van der Waals surface area contributed by atoms with E-state index in [-0.39, 0.29) is 17.2 Å². The molecule has 164 valence electrons. The van der Waals surface area contributed by atoms with Crippen LogP contribution in [0.5, 0.6) is 0 Å². The Morgan fingerprint density at radius 2 is 1.61 bits per heavy atom. The number of aromatic nitrogens is 3. The van der Waals surface area contributed by atoms with Crippen LogP contribution in [0.15, 0.2) is 77.6 Å². The van der Waals surface area contributed by atoms with Crippen LogP contribution < -0.4 is 10.5 Å². The summed E-state index contributed by atoms with van der Waals surface area (Å²) < 4.78 is 2.20. The number of fused-ring (bicyclic) bond motifs is 2. The molecule has 6 nitrogen and oxygen atoms in total. The van der Waals surface area contributed by atoms with Crippen LogP contribution in [0.2, 0.25) is 0 Å². The van der Waals surface area contributed by atoms with Crippen molar-refractivity contribution in [3.63, 3.8) is 0 Å². The fourth-order valence-electron chi connectivity index (χ4n) is 3.84. The number of anilines is 2. The van der Waals surface area contributed by atoms with Crippen molar-refractivity contribution in [2.24, 2.45) is 7.05 Å². The fourth-order valence-corrected chi connectivity index (χ4v) is 4.83. The Labute approximate surface area is 194 Å². The summed E-state index contributed by atoms with van der Waals surface area (Å²) in [5.74, 6) is 0.0399. The maximum absolute atomic E-state index is 14.0. The average Bonchev–Trinajstić information content (AvgIpc) is 3.25. The molecule has 5 aromatic rings. The molecule has 0 bridgehead atoms. The molecule has 0 spiro atoms. The van der Waals surface area contributed by atoms with Crippen LogP contribution in [0.1, 0.15) is 35.8 Å². The minimum absolute atomic E-state index is 0.208. The third-order valence-corrected chi connectivity index (χ3v) is 6.68. The van der Waals surface area contributed by atoms with Crippen LogP contribution in [0.25, 0.3) is 21.0 Å². The SMILES string of the molecule is CC(C)c1ccc(N(C(=O)c2nn(C)c(=O)c3ccccc23)c2nc3ccccc3s2)cc1. The lowest BCUT2D eigenvalue weighted by atomic mass is 10.0. The second kappa shape index (κ2) is 8.26. The van der Waals surface area contributed by atoms with Gasteiger partial charge in [0.1, 0.15) is 0 Å². The molecule has 33 heavy (non-hydrogen) atoms. The molecule has 0 N–H and O–H groups in total. The molecule has 0 aliphatic heterocycles. The zero-order valence-corrected chi connectivity index (χ0v) is 19.3. The Hall–Kier alpha value is -3.84. The van der Waals surface area contributed by atoms with Crippen molar-refractivity contribution in [2.45, 2.75) is 19.8 Å². The lowest BCUT2D eigenvalue weighted by Crippen LogP contribution is -2.30. The van der Waals surface area contributed by atoms with Gasteiger partial charge in [-0.1, -0.05) is 67.6 Å².